The predicted octanol–water partition coefficient (Wildman–Crippen LogP) is 10.0. The first-order chi connectivity index (χ1) is 24.5. The molecule has 184 valence electrons. The Morgan fingerprint density at radius 1 is 0.556 bits per heavy atom. The summed E-state index contributed by atoms with van der Waals surface area (Å²) in [4.78, 5) is 2.02. The monoisotopic (exact) mass is 491 g/mol. The van der Waals surface area contributed by atoms with E-state index < -0.39 is 68.5 Å². The molecule has 4 aromatic carbocycles. The van der Waals surface area contributed by atoms with Crippen molar-refractivity contribution < 1.29 is 24.7 Å². The van der Waals surface area contributed by atoms with Gasteiger partial charge in [0, 0.05) is 41.7 Å². The van der Waals surface area contributed by atoms with E-state index in [-0.39, 0.29) is 5.56 Å². The van der Waals surface area contributed by atoms with Gasteiger partial charge >= 0.3 is 0 Å². The third-order valence-corrected chi connectivity index (χ3v) is 7.12. The SMILES string of the molecule is [2H]C([2H])([2H])C1(C([2H])([2H])[2H])c2ccc(-c3ccc(N(c4ccccc4C)c4ccccc4C)cc3)cc2C(C([2H])([2H])[2H])(C([2H])([2H])[2H])C1(C([2H])([2H])[2H])C([2H])([2H])[2H]. The van der Waals surface area contributed by atoms with Crippen LogP contribution in [0.1, 0.15) is 88.0 Å². The molecule has 0 N–H and O–H groups in total. The summed E-state index contributed by atoms with van der Waals surface area (Å²) in [6, 6.07) is 25.2. The Hall–Kier alpha value is -3.32. The third kappa shape index (κ3) is 3.52. The Balaban J connectivity index is 1.91. The first-order valence-electron chi connectivity index (χ1n) is 20.6. The van der Waals surface area contributed by atoms with Crippen molar-refractivity contribution in [2.45, 2.75) is 65.8 Å². The molecule has 0 fully saturated rings. The minimum Gasteiger partial charge on any atom is -0.310 e. The van der Waals surface area contributed by atoms with E-state index >= 15 is 0 Å². The molecule has 1 aliphatic rings. The minimum absolute atomic E-state index is 0.0633. The van der Waals surface area contributed by atoms with E-state index in [1.165, 1.54) is 6.07 Å². The van der Waals surface area contributed by atoms with E-state index in [0.717, 1.165) is 34.6 Å². The Labute approximate surface area is 243 Å². The van der Waals surface area contributed by atoms with Crippen LogP contribution in [0.25, 0.3) is 11.1 Å². The van der Waals surface area contributed by atoms with Gasteiger partial charge in [-0.1, -0.05) is 108 Å². The molecule has 1 nitrogen and oxygen atoms in total. The molecule has 0 saturated carbocycles. The van der Waals surface area contributed by atoms with Crippen LogP contribution in [-0.2, 0) is 10.8 Å². The van der Waals surface area contributed by atoms with E-state index in [2.05, 4.69) is 0 Å². The average molecular weight is 492 g/mol. The van der Waals surface area contributed by atoms with Crippen molar-refractivity contribution in [3.8, 4) is 11.1 Å². The van der Waals surface area contributed by atoms with Crippen LogP contribution < -0.4 is 4.90 Å². The van der Waals surface area contributed by atoms with Gasteiger partial charge in [-0.2, -0.15) is 0 Å². The molecule has 0 bridgehead atoms. The summed E-state index contributed by atoms with van der Waals surface area (Å²) < 4.78 is 156. The zero-order valence-corrected chi connectivity index (χ0v) is 20.1. The van der Waals surface area contributed by atoms with Crippen LogP contribution in [0, 0.1) is 19.3 Å². The molecule has 0 atom stereocenters. The zero-order valence-electron chi connectivity index (χ0n) is 38.1. The summed E-state index contributed by atoms with van der Waals surface area (Å²) in [5.41, 5.74) is -9.80. The lowest BCUT2D eigenvalue weighted by Gasteiger charge is -2.44. The van der Waals surface area contributed by atoms with Gasteiger partial charge in [0.05, 0.1) is 0 Å². The van der Waals surface area contributed by atoms with Crippen molar-refractivity contribution in [1.29, 1.82) is 0 Å². The van der Waals surface area contributed by atoms with Crippen LogP contribution in [0.4, 0.5) is 17.1 Å². The second-order valence-corrected chi connectivity index (χ2v) is 9.47. The predicted molar refractivity (Wildman–Crippen MR) is 156 cm³/mol. The first kappa shape index (κ1) is 11.0. The van der Waals surface area contributed by atoms with Crippen LogP contribution in [0.5, 0.6) is 0 Å². The van der Waals surface area contributed by atoms with Crippen LogP contribution in [-0.4, -0.2) is 0 Å². The molecular weight excluding hydrogens is 434 g/mol. The van der Waals surface area contributed by atoms with Crippen LogP contribution in [0.15, 0.2) is 91.0 Å². The van der Waals surface area contributed by atoms with Crippen molar-refractivity contribution in [3.63, 3.8) is 0 Å². The van der Waals surface area contributed by atoms with Crippen molar-refractivity contribution in [2.75, 3.05) is 4.90 Å². The van der Waals surface area contributed by atoms with Gasteiger partial charge in [-0.05, 0) is 87.7 Å². The van der Waals surface area contributed by atoms with Crippen molar-refractivity contribution >= 4 is 17.1 Å². The normalized spacial score (nSPS) is 26.5. The van der Waals surface area contributed by atoms with Crippen molar-refractivity contribution in [1.82, 2.24) is 0 Å². The van der Waals surface area contributed by atoms with Gasteiger partial charge in [-0.15, -0.1) is 0 Å². The Morgan fingerprint density at radius 3 is 1.61 bits per heavy atom. The molecule has 4 aromatic rings. The summed E-state index contributed by atoms with van der Waals surface area (Å²) in [6.07, 6.45) is 0. The van der Waals surface area contributed by atoms with Crippen LogP contribution in [0.3, 0.4) is 0 Å². The summed E-state index contributed by atoms with van der Waals surface area (Å²) in [7, 11) is 0. The molecule has 0 saturated heterocycles. The second-order valence-electron chi connectivity index (χ2n) is 9.47. The van der Waals surface area contributed by atoms with Gasteiger partial charge in [0.15, 0.2) is 0 Å². The highest BCUT2D eigenvalue weighted by Gasteiger charge is 2.56. The molecule has 0 heterocycles. The molecule has 0 unspecified atom stereocenters. The highest BCUT2D eigenvalue weighted by atomic mass is 15.1. The quantitative estimate of drug-likeness (QED) is 0.274. The molecule has 0 aliphatic heterocycles. The lowest BCUT2D eigenvalue weighted by Crippen LogP contribution is -2.42. The number of benzene rings is 4. The third-order valence-electron chi connectivity index (χ3n) is 7.12. The molecule has 1 heteroatoms. The number of hydrogen-bond acceptors (Lipinski definition) is 1. The molecule has 0 radical (unpaired) electrons. The van der Waals surface area contributed by atoms with Crippen LogP contribution in [0.2, 0.25) is 0 Å². The highest BCUT2D eigenvalue weighted by Crippen LogP contribution is 2.61. The number of anilines is 3. The summed E-state index contributed by atoms with van der Waals surface area (Å²) >= 11 is 0. The number of rotatable bonds is 4. The van der Waals surface area contributed by atoms with E-state index in [1.54, 1.807) is 24.3 Å². The zero-order chi connectivity index (χ0) is 40.9. The molecule has 0 aromatic heterocycles. The Morgan fingerprint density at radius 2 is 1.08 bits per heavy atom. The van der Waals surface area contributed by atoms with Crippen molar-refractivity contribution in [3.05, 3.63) is 113 Å². The largest absolute Gasteiger partial charge is 0.310 e. The van der Waals surface area contributed by atoms with Crippen LogP contribution >= 0.6 is 0 Å². The molecule has 0 spiro atoms. The van der Waals surface area contributed by atoms with E-state index in [1.807, 2.05) is 67.3 Å². The molecule has 36 heavy (non-hydrogen) atoms. The highest BCUT2D eigenvalue weighted by molar-refractivity contribution is 5.81. The summed E-state index contributed by atoms with van der Waals surface area (Å²) in [5, 5.41) is 0. The van der Waals surface area contributed by atoms with E-state index in [9.17, 15) is 0 Å². The van der Waals surface area contributed by atoms with Gasteiger partial charge in [0.25, 0.3) is 0 Å². The first-order valence-corrected chi connectivity index (χ1v) is 11.6. The maximum absolute atomic E-state index is 8.71. The van der Waals surface area contributed by atoms with E-state index in [0.29, 0.717) is 11.3 Å². The number of aryl methyl sites for hydroxylation is 2. The fourth-order valence-electron chi connectivity index (χ4n) is 4.89. The standard InChI is InChI=1S/C35H39N/c1-24-13-9-11-15-31(24)36(32-16-12-10-14-25(32)2)28-20-17-26(18-21-28)27-19-22-29-30(23-27)34(5,6)35(7,8)33(29,3)4/h9-23H,1-8H3/i3D3,4D3,5D3,6D3,7D3,8D3. The Kier molecular flexibility index (Phi) is 2.55. The second kappa shape index (κ2) is 8.37. The summed E-state index contributed by atoms with van der Waals surface area (Å²) in [5.74, 6) is 0. The van der Waals surface area contributed by atoms with Crippen molar-refractivity contribution in [2.24, 2.45) is 5.41 Å². The fourth-order valence-corrected chi connectivity index (χ4v) is 4.89. The molecule has 5 rings (SSSR count). The lowest BCUT2D eigenvalue weighted by atomic mass is 9.59. The lowest BCUT2D eigenvalue weighted by molar-refractivity contribution is 0.125. The molecular formula is C35H39N. The fraction of sp³-hybridized carbons (Fsp3) is 0.314. The van der Waals surface area contributed by atoms with Gasteiger partial charge in [0.2, 0.25) is 0 Å². The maximum Gasteiger partial charge on any atom is 0.0490 e. The molecule has 1 aliphatic carbocycles. The van der Waals surface area contributed by atoms with Gasteiger partial charge < -0.3 is 4.90 Å². The smallest absolute Gasteiger partial charge is 0.0490 e. The van der Waals surface area contributed by atoms with Gasteiger partial charge in [-0.3, -0.25) is 0 Å². The molecule has 0 amide bonds. The van der Waals surface area contributed by atoms with E-state index in [4.69, 9.17) is 24.7 Å². The topological polar surface area (TPSA) is 3.24 Å². The number of fused-ring (bicyclic) bond motifs is 1. The maximum atomic E-state index is 8.71. The summed E-state index contributed by atoms with van der Waals surface area (Å²) in [6.45, 7) is -21.1. The Bertz CT molecular complexity index is 1940. The number of hydrogen-bond donors (Lipinski definition) is 0. The average Bonchev–Trinajstić information content (AvgIpc) is 3.31. The number of para-hydroxylation sites is 2. The van der Waals surface area contributed by atoms with Gasteiger partial charge in [0.1, 0.15) is 0 Å². The minimum atomic E-state index is -4.43. The van der Waals surface area contributed by atoms with Gasteiger partial charge in [-0.25, -0.2) is 0 Å². The number of nitrogens with zero attached hydrogens (tertiary/aromatic N) is 1.